The number of fused-ring (bicyclic) bond motifs is 2. The highest BCUT2D eigenvalue weighted by molar-refractivity contribution is 5.30. The average molecular weight is 290 g/mol. The van der Waals surface area contributed by atoms with E-state index in [-0.39, 0.29) is 12.2 Å². The minimum Gasteiger partial charge on any atom is -0.387 e. The van der Waals surface area contributed by atoms with E-state index in [1.807, 2.05) is 6.92 Å². The molecule has 0 fully saturated rings. The maximum Gasteiger partial charge on any atom is 0.106 e. The second kappa shape index (κ2) is 6.50. The summed E-state index contributed by atoms with van der Waals surface area (Å²) in [5, 5.41) is 10.8. The zero-order chi connectivity index (χ0) is 15.6. The fourth-order valence-corrected chi connectivity index (χ4v) is 3.21. The highest BCUT2D eigenvalue weighted by atomic mass is 16.5. The average Bonchev–Trinajstić information content (AvgIpc) is 2.83. The minimum absolute atomic E-state index is 0.0465. The van der Waals surface area contributed by atoms with Crippen molar-refractivity contribution in [2.24, 2.45) is 5.92 Å². The molecule has 0 saturated carbocycles. The molecule has 0 saturated heterocycles. The highest BCUT2D eigenvalue weighted by Gasteiger charge is 2.39. The number of rotatable bonds is 1. The third-order valence-corrected chi connectivity index (χ3v) is 4.77. The Kier molecular flexibility index (Phi) is 5.11. The molecule has 2 heterocycles. The molecule has 2 bridgehead atoms. The van der Waals surface area contributed by atoms with Crippen LogP contribution in [-0.2, 0) is 4.74 Å². The number of hydrogen-bond acceptors (Lipinski definition) is 2. The highest BCUT2D eigenvalue weighted by Crippen LogP contribution is 2.36. The lowest BCUT2D eigenvalue weighted by molar-refractivity contribution is -0.0794. The van der Waals surface area contributed by atoms with E-state index in [4.69, 9.17) is 4.74 Å². The Morgan fingerprint density at radius 2 is 1.95 bits per heavy atom. The quantitative estimate of drug-likeness (QED) is 0.718. The lowest BCUT2D eigenvalue weighted by Crippen LogP contribution is -2.39. The fraction of sp³-hybridized carbons (Fsp3) is 0.684. The van der Waals surface area contributed by atoms with Crippen LogP contribution in [0.3, 0.4) is 0 Å². The van der Waals surface area contributed by atoms with Gasteiger partial charge in [-0.25, -0.2) is 0 Å². The van der Waals surface area contributed by atoms with Crippen LogP contribution in [0, 0.1) is 5.92 Å². The Bertz CT molecular complexity index is 466. The normalized spacial score (nSPS) is 39.7. The summed E-state index contributed by atoms with van der Waals surface area (Å²) in [6.45, 7) is 10.7. The van der Waals surface area contributed by atoms with Crippen LogP contribution in [0.5, 0.6) is 0 Å². The van der Waals surface area contributed by atoms with Gasteiger partial charge in [-0.1, -0.05) is 37.6 Å². The topological polar surface area (TPSA) is 29.5 Å². The van der Waals surface area contributed by atoms with Crippen LogP contribution in [0.25, 0.3) is 0 Å². The zero-order valence-corrected chi connectivity index (χ0v) is 14.1. The van der Waals surface area contributed by atoms with E-state index in [2.05, 4.69) is 45.9 Å². The fourth-order valence-electron chi connectivity index (χ4n) is 3.21. The van der Waals surface area contributed by atoms with E-state index >= 15 is 0 Å². The van der Waals surface area contributed by atoms with E-state index in [1.165, 1.54) is 16.7 Å². The summed E-state index contributed by atoms with van der Waals surface area (Å²) in [6, 6.07) is 0. The molecule has 2 nitrogen and oxygen atoms in total. The molecule has 0 aromatic carbocycles. The number of ether oxygens (including phenoxy) is 1. The molecule has 2 heteroatoms. The summed E-state index contributed by atoms with van der Waals surface area (Å²) in [5.74, 6) is 0.448. The van der Waals surface area contributed by atoms with Gasteiger partial charge in [0.2, 0.25) is 0 Å². The first-order chi connectivity index (χ1) is 9.81. The summed E-state index contributed by atoms with van der Waals surface area (Å²) in [4.78, 5) is 0. The zero-order valence-electron chi connectivity index (χ0n) is 14.1. The maximum atomic E-state index is 10.8. The molecule has 3 atom stereocenters. The summed E-state index contributed by atoms with van der Waals surface area (Å²) in [7, 11) is 0. The van der Waals surface area contributed by atoms with Crippen LogP contribution in [0.15, 0.2) is 34.9 Å². The second-order valence-corrected chi connectivity index (χ2v) is 7.19. The molecule has 0 radical (unpaired) electrons. The molecule has 0 spiro atoms. The summed E-state index contributed by atoms with van der Waals surface area (Å²) in [5.41, 5.74) is 3.21. The first-order valence-corrected chi connectivity index (χ1v) is 8.23. The molecule has 2 aliphatic rings. The molecule has 2 aliphatic heterocycles. The molecule has 0 amide bonds. The van der Waals surface area contributed by atoms with Crippen molar-refractivity contribution in [3.05, 3.63) is 34.9 Å². The predicted octanol–water partition coefficient (Wildman–Crippen LogP) is 4.55. The van der Waals surface area contributed by atoms with Crippen molar-refractivity contribution in [3.63, 3.8) is 0 Å². The summed E-state index contributed by atoms with van der Waals surface area (Å²) in [6.07, 6.45) is 10.4. The lowest BCUT2D eigenvalue weighted by atomic mass is 9.90. The van der Waals surface area contributed by atoms with Crippen LogP contribution in [0.4, 0.5) is 0 Å². The molecule has 0 aromatic rings. The van der Waals surface area contributed by atoms with Crippen molar-refractivity contribution >= 4 is 0 Å². The van der Waals surface area contributed by atoms with Crippen LogP contribution < -0.4 is 0 Å². The van der Waals surface area contributed by atoms with Gasteiger partial charge in [-0.05, 0) is 63.5 Å². The van der Waals surface area contributed by atoms with Gasteiger partial charge in [0.15, 0.2) is 0 Å². The lowest BCUT2D eigenvalue weighted by Gasteiger charge is -2.30. The van der Waals surface area contributed by atoms with E-state index in [0.717, 1.165) is 25.7 Å². The number of hydrogen-bond donors (Lipinski definition) is 1. The molecule has 1 N–H and O–H groups in total. The van der Waals surface area contributed by atoms with E-state index in [0.29, 0.717) is 5.92 Å². The Morgan fingerprint density at radius 3 is 2.62 bits per heavy atom. The Morgan fingerprint density at radius 1 is 1.24 bits per heavy atom. The Balaban J connectivity index is 2.33. The second-order valence-electron chi connectivity index (χ2n) is 7.19. The van der Waals surface area contributed by atoms with Gasteiger partial charge in [-0.3, -0.25) is 0 Å². The molecular formula is C19H30O2. The van der Waals surface area contributed by atoms with Gasteiger partial charge in [-0.2, -0.15) is 0 Å². The number of aliphatic hydroxyl groups is 1. The summed E-state index contributed by atoms with van der Waals surface area (Å²) < 4.78 is 6.23. The monoisotopic (exact) mass is 290 g/mol. The van der Waals surface area contributed by atoms with Crippen molar-refractivity contribution in [2.75, 3.05) is 0 Å². The van der Waals surface area contributed by atoms with Gasteiger partial charge in [-0.15, -0.1) is 0 Å². The molecule has 2 unspecified atom stereocenters. The Labute approximate surface area is 129 Å². The Hall–Kier alpha value is -0.860. The van der Waals surface area contributed by atoms with Crippen molar-refractivity contribution in [3.8, 4) is 0 Å². The predicted molar refractivity (Wildman–Crippen MR) is 88.2 cm³/mol. The van der Waals surface area contributed by atoms with Gasteiger partial charge in [0, 0.05) is 0 Å². The maximum absolute atomic E-state index is 10.8. The van der Waals surface area contributed by atoms with Gasteiger partial charge in [0.05, 0.1) is 5.60 Å². The van der Waals surface area contributed by atoms with Crippen molar-refractivity contribution in [2.45, 2.75) is 78.1 Å². The standard InChI is InChI=1S/C19H30O2/c1-13(2)16-12-17-19(5,20)11-7-9-14(3)8-6-10-15(4)18(16)21-17/h9-10,12-13,17-18,20H,6-8,11H2,1-5H3/b14-9+,15-10+/t17?,18?,19-/m0/s1. The minimum atomic E-state index is -0.800. The van der Waals surface area contributed by atoms with E-state index in [1.54, 1.807) is 0 Å². The molecular weight excluding hydrogens is 260 g/mol. The first kappa shape index (κ1) is 16.5. The van der Waals surface area contributed by atoms with Crippen molar-refractivity contribution < 1.29 is 9.84 Å². The third-order valence-electron chi connectivity index (χ3n) is 4.77. The van der Waals surface area contributed by atoms with Crippen molar-refractivity contribution in [1.29, 1.82) is 0 Å². The van der Waals surface area contributed by atoms with Gasteiger partial charge >= 0.3 is 0 Å². The van der Waals surface area contributed by atoms with E-state index < -0.39 is 5.60 Å². The first-order valence-electron chi connectivity index (χ1n) is 8.23. The van der Waals surface area contributed by atoms with Crippen LogP contribution >= 0.6 is 0 Å². The molecule has 0 aromatic heterocycles. The number of allylic oxidation sites excluding steroid dienone is 3. The molecule has 0 aliphatic carbocycles. The molecule has 118 valence electrons. The molecule has 21 heavy (non-hydrogen) atoms. The largest absolute Gasteiger partial charge is 0.387 e. The van der Waals surface area contributed by atoms with Gasteiger partial charge in [0.1, 0.15) is 12.2 Å². The van der Waals surface area contributed by atoms with Crippen LogP contribution in [0.2, 0.25) is 0 Å². The van der Waals surface area contributed by atoms with Crippen LogP contribution in [-0.4, -0.2) is 22.9 Å². The smallest absolute Gasteiger partial charge is 0.106 e. The van der Waals surface area contributed by atoms with Crippen molar-refractivity contribution in [1.82, 2.24) is 0 Å². The van der Waals surface area contributed by atoms with Gasteiger partial charge < -0.3 is 9.84 Å². The molecule has 2 rings (SSSR count). The van der Waals surface area contributed by atoms with Crippen LogP contribution in [0.1, 0.15) is 60.3 Å². The van der Waals surface area contributed by atoms with E-state index in [9.17, 15) is 5.11 Å². The third kappa shape index (κ3) is 3.87. The SMILES string of the molecule is C/C1=C\CC[C@](C)(O)C2C=C(C(C)C)C(O2)/C(C)=C/CC1. The van der Waals surface area contributed by atoms with Gasteiger partial charge in [0.25, 0.3) is 0 Å². The summed E-state index contributed by atoms with van der Waals surface area (Å²) >= 11 is 0.